The quantitative estimate of drug-likeness (QED) is 0.618. The molecule has 1 fully saturated rings. The largest absolute Gasteiger partial charge is 0.299 e. The van der Waals surface area contributed by atoms with Crippen molar-refractivity contribution in [1.82, 2.24) is 4.90 Å². The fraction of sp³-hybridized carbons (Fsp3) is 1.00. The van der Waals surface area contributed by atoms with Gasteiger partial charge in [-0.2, -0.15) is 0 Å². The van der Waals surface area contributed by atoms with Gasteiger partial charge in [0.1, 0.15) is 0 Å². The number of halogens is 1. The third-order valence-corrected chi connectivity index (χ3v) is 3.11. The molecule has 1 heterocycles. The van der Waals surface area contributed by atoms with Gasteiger partial charge < -0.3 is 0 Å². The van der Waals surface area contributed by atoms with Gasteiger partial charge in [-0.25, -0.2) is 0 Å². The summed E-state index contributed by atoms with van der Waals surface area (Å²) in [6.07, 6.45) is 5.08. The van der Waals surface area contributed by atoms with Gasteiger partial charge in [0.2, 0.25) is 0 Å². The van der Waals surface area contributed by atoms with Crippen molar-refractivity contribution in [2.75, 3.05) is 13.1 Å². The van der Waals surface area contributed by atoms with Gasteiger partial charge in [-0.3, -0.25) is 4.90 Å². The zero-order valence-corrected chi connectivity index (χ0v) is 8.98. The molecule has 0 radical (unpaired) electrons. The van der Waals surface area contributed by atoms with Crippen LogP contribution in [-0.4, -0.2) is 29.4 Å². The Hall–Kier alpha value is 0.250. The maximum absolute atomic E-state index is 6.11. The van der Waals surface area contributed by atoms with E-state index in [2.05, 4.69) is 18.7 Å². The van der Waals surface area contributed by atoms with E-state index in [1.165, 1.54) is 32.2 Å². The fourth-order valence-electron chi connectivity index (χ4n) is 1.80. The molecule has 0 saturated carbocycles. The second kappa shape index (κ2) is 5.08. The molecule has 1 rings (SSSR count). The minimum Gasteiger partial charge on any atom is -0.299 e. The molecule has 72 valence electrons. The second-order valence-corrected chi connectivity index (χ2v) is 4.49. The highest BCUT2D eigenvalue weighted by atomic mass is 35.5. The second-order valence-electron chi connectivity index (χ2n) is 3.87. The van der Waals surface area contributed by atoms with Crippen molar-refractivity contribution in [2.45, 2.75) is 50.9 Å². The molecule has 0 aliphatic carbocycles. The number of hydrogen-bond acceptors (Lipinski definition) is 1. The summed E-state index contributed by atoms with van der Waals surface area (Å²) in [6, 6.07) is 0.756. The molecule has 12 heavy (non-hydrogen) atoms. The van der Waals surface area contributed by atoms with E-state index in [9.17, 15) is 0 Å². The van der Waals surface area contributed by atoms with Crippen LogP contribution in [0.15, 0.2) is 0 Å². The van der Waals surface area contributed by atoms with E-state index >= 15 is 0 Å². The average molecular weight is 190 g/mol. The fourth-order valence-corrected chi connectivity index (χ4v) is 2.11. The van der Waals surface area contributed by atoms with E-state index in [-0.39, 0.29) is 0 Å². The van der Waals surface area contributed by atoms with Crippen molar-refractivity contribution in [1.29, 1.82) is 0 Å². The molecule has 0 N–H and O–H groups in total. The van der Waals surface area contributed by atoms with Crippen molar-refractivity contribution in [2.24, 2.45) is 0 Å². The number of likely N-dealkylation sites (tertiary alicyclic amines) is 1. The molecule has 1 aliphatic rings. The molecule has 1 saturated heterocycles. The Kier molecular flexibility index (Phi) is 4.38. The third-order valence-electron chi connectivity index (χ3n) is 2.75. The van der Waals surface area contributed by atoms with Gasteiger partial charge >= 0.3 is 0 Å². The lowest BCUT2D eigenvalue weighted by Gasteiger charge is -2.35. The zero-order chi connectivity index (χ0) is 8.97. The predicted octanol–water partition coefficient (Wildman–Crippen LogP) is 2.88. The van der Waals surface area contributed by atoms with Crippen LogP contribution in [0.3, 0.4) is 0 Å². The van der Waals surface area contributed by atoms with Crippen molar-refractivity contribution in [3.63, 3.8) is 0 Å². The summed E-state index contributed by atoms with van der Waals surface area (Å²) in [7, 11) is 0. The monoisotopic (exact) mass is 189 g/mol. The lowest BCUT2D eigenvalue weighted by molar-refractivity contribution is 0.161. The summed E-state index contributed by atoms with van der Waals surface area (Å²) in [5.41, 5.74) is 0. The first-order valence-electron chi connectivity index (χ1n) is 5.12. The molecular weight excluding hydrogens is 170 g/mol. The first-order chi connectivity index (χ1) is 5.74. The van der Waals surface area contributed by atoms with Gasteiger partial charge in [-0.05, 0) is 32.7 Å². The van der Waals surface area contributed by atoms with Crippen LogP contribution < -0.4 is 0 Å². The van der Waals surface area contributed by atoms with E-state index in [0.29, 0.717) is 5.38 Å². The number of alkyl halides is 1. The number of hydrogen-bond donors (Lipinski definition) is 0. The van der Waals surface area contributed by atoms with Gasteiger partial charge in [0, 0.05) is 18.0 Å². The molecule has 2 heteroatoms. The Morgan fingerprint density at radius 2 is 2.17 bits per heavy atom. The summed E-state index contributed by atoms with van der Waals surface area (Å²) in [5.74, 6) is 0. The van der Waals surface area contributed by atoms with E-state index in [0.717, 1.165) is 12.6 Å². The highest BCUT2D eigenvalue weighted by Gasteiger charge is 2.22. The first kappa shape index (κ1) is 10.3. The summed E-state index contributed by atoms with van der Waals surface area (Å²) in [6.45, 7) is 6.90. The summed E-state index contributed by atoms with van der Waals surface area (Å²) in [5, 5.41) is 0.401. The van der Waals surface area contributed by atoms with Gasteiger partial charge in [-0.1, -0.05) is 13.3 Å². The molecular formula is C10H20ClN. The SMILES string of the molecule is CCCCN1CC(Cl)CCC1C. The van der Waals surface area contributed by atoms with Crippen LogP contribution >= 0.6 is 11.6 Å². The summed E-state index contributed by atoms with van der Waals surface area (Å²) >= 11 is 6.11. The first-order valence-corrected chi connectivity index (χ1v) is 5.55. The van der Waals surface area contributed by atoms with Crippen LogP contribution in [0.1, 0.15) is 39.5 Å². The van der Waals surface area contributed by atoms with E-state index in [1.54, 1.807) is 0 Å². The summed E-state index contributed by atoms with van der Waals surface area (Å²) < 4.78 is 0. The number of nitrogens with zero attached hydrogens (tertiary/aromatic N) is 1. The van der Waals surface area contributed by atoms with Crippen LogP contribution in [0, 0.1) is 0 Å². The normalized spacial score (nSPS) is 32.2. The minimum atomic E-state index is 0.401. The molecule has 2 atom stereocenters. The standard InChI is InChI=1S/C10H20ClN/c1-3-4-7-12-8-10(11)6-5-9(12)2/h9-10H,3-8H2,1-2H3. The van der Waals surface area contributed by atoms with Crippen LogP contribution in [0.5, 0.6) is 0 Å². The van der Waals surface area contributed by atoms with Crippen molar-refractivity contribution < 1.29 is 0 Å². The Balaban J connectivity index is 2.28. The number of unbranched alkanes of at least 4 members (excludes halogenated alkanes) is 1. The van der Waals surface area contributed by atoms with Gasteiger partial charge in [0.15, 0.2) is 0 Å². The molecule has 1 aliphatic heterocycles. The Bertz CT molecular complexity index is 127. The van der Waals surface area contributed by atoms with Crippen molar-refractivity contribution in [3.05, 3.63) is 0 Å². The van der Waals surface area contributed by atoms with Gasteiger partial charge in [0.05, 0.1) is 0 Å². The van der Waals surface area contributed by atoms with Crippen molar-refractivity contribution in [3.8, 4) is 0 Å². The molecule has 0 spiro atoms. The van der Waals surface area contributed by atoms with Gasteiger partial charge in [0.25, 0.3) is 0 Å². The van der Waals surface area contributed by atoms with Crippen LogP contribution in [0.4, 0.5) is 0 Å². The average Bonchev–Trinajstić information content (AvgIpc) is 2.07. The lowest BCUT2D eigenvalue weighted by atomic mass is 10.0. The maximum atomic E-state index is 6.11. The van der Waals surface area contributed by atoms with Crippen LogP contribution in [-0.2, 0) is 0 Å². The highest BCUT2D eigenvalue weighted by Crippen LogP contribution is 2.20. The molecule has 2 unspecified atom stereocenters. The molecule has 0 aromatic rings. The van der Waals surface area contributed by atoms with E-state index in [1.807, 2.05) is 0 Å². The zero-order valence-electron chi connectivity index (χ0n) is 8.22. The molecule has 0 bridgehead atoms. The van der Waals surface area contributed by atoms with Crippen molar-refractivity contribution >= 4 is 11.6 Å². The highest BCUT2D eigenvalue weighted by molar-refractivity contribution is 6.20. The van der Waals surface area contributed by atoms with Crippen LogP contribution in [0.2, 0.25) is 0 Å². The number of rotatable bonds is 3. The molecule has 0 aromatic carbocycles. The Labute approximate surface area is 81.1 Å². The molecule has 0 aromatic heterocycles. The lowest BCUT2D eigenvalue weighted by Crippen LogP contribution is -2.42. The third kappa shape index (κ3) is 2.95. The topological polar surface area (TPSA) is 3.24 Å². The molecule has 0 amide bonds. The smallest absolute Gasteiger partial charge is 0.0463 e. The summed E-state index contributed by atoms with van der Waals surface area (Å²) in [4.78, 5) is 2.53. The molecule has 1 nitrogen and oxygen atoms in total. The van der Waals surface area contributed by atoms with Crippen LogP contribution in [0.25, 0.3) is 0 Å². The number of piperidine rings is 1. The maximum Gasteiger partial charge on any atom is 0.0463 e. The minimum absolute atomic E-state index is 0.401. The van der Waals surface area contributed by atoms with E-state index < -0.39 is 0 Å². The predicted molar refractivity (Wildman–Crippen MR) is 54.8 cm³/mol. The Morgan fingerprint density at radius 1 is 1.42 bits per heavy atom. The van der Waals surface area contributed by atoms with Gasteiger partial charge in [-0.15, -0.1) is 11.6 Å². The van der Waals surface area contributed by atoms with E-state index in [4.69, 9.17) is 11.6 Å². The Morgan fingerprint density at radius 3 is 2.83 bits per heavy atom.